The number of carbonyl (C=O) groups excluding carboxylic acids is 2. The van der Waals surface area contributed by atoms with Crippen LogP contribution >= 0.6 is 0 Å². The highest BCUT2D eigenvalue weighted by Gasteiger charge is 2.31. The van der Waals surface area contributed by atoms with Gasteiger partial charge in [0.05, 0.1) is 11.1 Å². The molecular formula is C15H20O4Si. The molecule has 0 bridgehead atoms. The molecule has 0 fully saturated rings. The van der Waals surface area contributed by atoms with Gasteiger partial charge in [0.2, 0.25) is 0 Å². The molecule has 1 aliphatic heterocycles. The normalized spacial score (nSPS) is 14.9. The van der Waals surface area contributed by atoms with Crippen LogP contribution in [0.15, 0.2) is 18.2 Å². The Balaban J connectivity index is 1.92. The molecule has 0 aromatic heterocycles. The van der Waals surface area contributed by atoms with Crippen LogP contribution in [0.25, 0.3) is 0 Å². The van der Waals surface area contributed by atoms with Gasteiger partial charge >= 0.3 is 11.9 Å². The van der Waals surface area contributed by atoms with Crippen LogP contribution in [0.1, 0.15) is 53.5 Å². The molecule has 0 radical (unpaired) electrons. The van der Waals surface area contributed by atoms with Crippen molar-refractivity contribution in [2.75, 3.05) is 0 Å². The Bertz CT molecular complexity index is 531. The van der Waals surface area contributed by atoms with Gasteiger partial charge in [-0.3, -0.25) is 0 Å². The largest absolute Gasteiger partial charge is 0.419 e. The first kappa shape index (κ1) is 14.9. The van der Waals surface area contributed by atoms with Crippen molar-refractivity contribution in [3.05, 3.63) is 34.9 Å². The van der Waals surface area contributed by atoms with Crippen LogP contribution in [-0.4, -0.2) is 27.3 Å². The maximum atomic E-state index is 11.7. The molecule has 0 saturated carbocycles. The number of aryl methyl sites for hydroxylation is 1. The van der Waals surface area contributed by atoms with Crippen molar-refractivity contribution in [2.45, 2.75) is 45.3 Å². The van der Waals surface area contributed by atoms with E-state index in [4.69, 9.17) is 4.43 Å². The molecular weight excluding hydrogens is 272 g/mol. The summed E-state index contributed by atoms with van der Waals surface area (Å²) >= 11 is 0. The monoisotopic (exact) mass is 292 g/mol. The van der Waals surface area contributed by atoms with Crippen LogP contribution in [-0.2, 0) is 15.6 Å². The summed E-state index contributed by atoms with van der Waals surface area (Å²) in [4.78, 5) is 23.1. The fraction of sp³-hybridized carbons (Fsp3) is 0.467. The number of esters is 2. The van der Waals surface area contributed by atoms with Crippen LogP contribution in [0, 0.1) is 0 Å². The van der Waals surface area contributed by atoms with Crippen molar-refractivity contribution in [1.29, 1.82) is 0 Å². The fourth-order valence-corrected chi connectivity index (χ4v) is 3.42. The van der Waals surface area contributed by atoms with Crippen molar-refractivity contribution in [2.24, 2.45) is 0 Å². The third-order valence-corrected chi connectivity index (χ3v) is 4.99. The maximum Gasteiger partial charge on any atom is 0.347 e. The highest BCUT2D eigenvalue weighted by Crippen LogP contribution is 2.24. The van der Waals surface area contributed by atoms with Crippen molar-refractivity contribution < 1.29 is 18.8 Å². The number of ether oxygens (including phenoxy) is 1. The van der Waals surface area contributed by atoms with Crippen LogP contribution in [0.4, 0.5) is 0 Å². The molecule has 0 aliphatic carbocycles. The van der Waals surface area contributed by atoms with Gasteiger partial charge in [0.15, 0.2) is 9.76 Å². The van der Waals surface area contributed by atoms with Crippen molar-refractivity contribution in [1.82, 2.24) is 0 Å². The van der Waals surface area contributed by atoms with Gasteiger partial charge in [-0.15, -0.1) is 0 Å². The second-order valence-electron chi connectivity index (χ2n) is 5.93. The molecule has 0 saturated heterocycles. The lowest BCUT2D eigenvalue weighted by molar-refractivity contribution is 0.0443. The smallest absolute Gasteiger partial charge is 0.347 e. The first-order valence-electron chi connectivity index (χ1n) is 6.91. The zero-order chi connectivity index (χ0) is 14.8. The number of hydrogen-bond acceptors (Lipinski definition) is 4. The zero-order valence-electron chi connectivity index (χ0n) is 12.2. The number of cyclic esters (lactones) is 2. The summed E-state index contributed by atoms with van der Waals surface area (Å²) in [5.41, 5.74) is 1.70. The van der Waals surface area contributed by atoms with Gasteiger partial charge in [0.1, 0.15) is 0 Å². The molecule has 0 atom stereocenters. The molecule has 5 heteroatoms. The van der Waals surface area contributed by atoms with Gasteiger partial charge in [0.25, 0.3) is 0 Å². The van der Waals surface area contributed by atoms with Crippen molar-refractivity contribution in [3.63, 3.8) is 0 Å². The van der Waals surface area contributed by atoms with E-state index in [9.17, 15) is 9.59 Å². The minimum atomic E-state index is -0.530. The Morgan fingerprint density at radius 3 is 2.65 bits per heavy atom. The van der Waals surface area contributed by atoms with E-state index in [0.717, 1.165) is 24.4 Å². The molecule has 20 heavy (non-hydrogen) atoms. The molecule has 1 heterocycles. The molecule has 0 spiro atoms. The van der Waals surface area contributed by atoms with E-state index in [0.29, 0.717) is 11.1 Å². The Morgan fingerprint density at radius 1 is 1.20 bits per heavy atom. The Labute approximate surface area is 121 Å². The molecule has 0 N–H and O–H groups in total. The number of hydrogen-bond donors (Lipinski definition) is 0. The number of fused-ring (bicyclic) bond motifs is 1. The Hall–Kier alpha value is -1.46. The minimum absolute atomic E-state index is 0.0591. The van der Waals surface area contributed by atoms with E-state index in [-0.39, 0.29) is 5.60 Å². The van der Waals surface area contributed by atoms with E-state index in [1.54, 1.807) is 12.1 Å². The van der Waals surface area contributed by atoms with Gasteiger partial charge in [-0.05, 0) is 51.3 Å². The van der Waals surface area contributed by atoms with Crippen LogP contribution in [0.2, 0.25) is 6.04 Å². The highest BCUT2D eigenvalue weighted by atomic mass is 28.2. The van der Waals surface area contributed by atoms with Gasteiger partial charge in [-0.25, -0.2) is 9.59 Å². The second-order valence-corrected chi connectivity index (χ2v) is 7.34. The summed E-state index contributed by atoms with van der Waals surface area (Å²) in [6.45, 7) is 6.18. The summed E-state index contributed by atoms with van der Waals surface area (Å²) in [6.07, 6.45) is 1.76. The molecule has 108 valence electrons. The molecule has 2 rings (SSSR count). The summed E-state index contributed by atoms with van der Waals surface area (Å²) in [6, 6.07) is 6.40. The number of rotatable bonds is 5. The van der Waals surface area contributed by atoms with Crippen molar-refractivity contribution in [3.8, 4) is 0 Å². The topological polar surface area (TPSA) is 52.6 Å². The maximum absolute atomic E-state index is 11.7. The summed E-state index contributed by atoms with van der Waals surface area (Å²) in [7, 11) is -0.528. The standard InChI is InChI=1S/C15H20O4Si/c1-15(2,3)19-20-9-5-7-10-6-4-8-11-12(10)14(17)18-13(11)16/h4,6,8H,5,7,9,20H2,1-3H3. The first-order valence-corrected chi connectivity index (χ1v) is 8.48. The summed E-state index contributed by atoms with van der Waals surface area (Å²) in [5.74, 6) is -1.04. The molecule has 1 aromatic rings. The van der Waals surface area contributed by atoms with Crippen LogP contribution in [0.5, 0.6) is 0 Å². The Kier molecular flexibility index (Phi) is 4.40. The van der Waals surface area contributed by atoms with Gasteiger partial charge in [-0.2, -0.15) is 0 Å². The molecule has 0 amide bonds. The molecule has 1 aromatic carbocycles. The SMILES string of the molecule is CC(C)(C)O[SiH2]CCCc1cccc2c1C(=O)OC2=O. The zero-order valence-corrected chi connectivity index (χ0v) is 13.6. The average Bonchev–Trinajstić information content (AvgIpc) is 2.64. The van der Waals surface area contributed by atoms with Crippen LogP contribution < -0.4 is 0 Å². The molecule has 4 nitrogen and oxygen atoms in total. The van der Waals surface area contributed by atoms with E-state index in [1.165, 1.54) is 0 Å². The minimum Gasteiger partial charge on any atom is -0.419 e. The highest BCUT2D eigenvalue weighted by molar-refractivity contribution is 6.27. The average molecular weight is 292 g/mol. The van der Waals surface area contributed by atoms with Gasteiger partial charge < -0.3 is 9.16 Å². The third kappa shape index (κ3) is 3.55. The predicted octanol–water partition coefficient (Wildman–Crippen LogP) is 2.25. The lowest BCUT2D eigenvalue weighted by Gasteiger charge is -2.19. The predicted molar refractivity (Wildman–Crippen MR) is 78.7 cm³/mol. The second kappa shape index (κ2) is 5.89. The lowest BCUT2D eigenvalue weighted by Crippen LogP contribution is -2.21. The lowest BCUT2D eigenvalue weighted by atomic mass is 9.99. The molecule has 0 unspecified atom stereocenters. The summed E-state index contributed by atoms with van der Waals surface area (Å²) in [5, 5.41) is 0. The Morgan fingerprint density at radius 2 is 1.95 bits per heavy atom. The number of carbonyl (C=O) groups is 2. The van der Waals surface area contributed by atoms with Crippen molar-refractivity contribution >= 4 is 21.7 Å². The van der Waals surface area contributed by atoms with Gasteiger partial charge in [0, 0.05) is 5.60 Å². The van der Waals surface area contributed by atoms with E-state index >= 15 is 0 Å². The van der Waals surface area contributed by atoms with Gasteiger partial charge in [-0.1, -0.05) is 12.1 Å². The van der Waals surface area contributed by atoms with Crippen LogP contribution in [0.3, 0.4) is 0 Å². The quantitative estimate of drug-likeness (QED) is 0.361. The van der Waals surface area contributed by atoms with E-state index in [2.05, 4.69) is 25.5 Å². The summed E-state index contributed by atoms with van der Waals surface area (Å²) < 4.78 is 10.4. The third-order valence-electron chi connectivity index (χ3n) is 3.14. The van der Waals surface area contributed by atoms with E-state index < -0.39 is 21.7 Å². The molecule has 1 aliphatic rings. The fourth-order valence-electron chi connectivity index (χ4n) is 2.21. The number of benzene rings is 1. The van der Waals surface area contributed by atoms with E-state index in [1.807, 2.05) is 6.07 Å². The first-order chi connectivity index (χ1) is 9.38.